The number of unbranched alkanes of at least 4 members (excludes halogenated alkanes) is 6. The molecule has 46 heavy (non-hydrogen) atoms. The van der Waals surface area contributed by atoms with Gasteiger partial charge in [0, 0.05) is 31.1 Å². The van der Waals surface area contributed by atoms with Crippen LogP contribution >= 0.6 is 0 Å². The molecule has 7 nitrogen and oxygen atoms in total. The first-order chi connectivity index (χ1) is 21.4. The van der Waals surface area contributed by atoms with E-state index in [0.29, 0.717) is 12.4 Å². The van der Waals surface area contributed by atoms with Gasteiger partial charge in [0.05, 0.1) is 6.61 Å². The molecular weight excluding hydrogens is 638 g/mol. The van der Waals surface area contributed by atoms with Gasteiger partial charge in [-0.05, 0) is 60.3 Å². The summed E-state index contributed by atoms with van der Waals surface area (Å²) in [7, 11) is -5.89. The number of rotatable bonds is 17. The van der Waals surface area contributed by atoms with Gasteiger partial charge in [-0.1, -0.05) is 84.4 Å². The van der Waals surface area contributed by atoms with Gasteiger partial charge in [-0.2, -0.15) is 21.6 Å². The van der Waals surface area contributed by atoms with Gasteiger partial charge in [0.2, 0.25) is 0 Å². The molecule has 0 radical (unpaired) electrons. The lowest BCUT2D eigenvalue weighted by molar-refractivity contribution is -0.0500. The zero-order chi connectivity index (χ0) is 34.2. The highest BCUT2D eigenvalue weighted by Gasteiger charge is 2.49. The van der Waals surface area contributed by atoms with Crippen LogP contribution in [0.2, 0.25) is 18.1 Å². The third-order valence-corrected chi connectivity index (χ3v) is 14.9. The minimum Gasteiger partial charge on any atom is -0.492 e. The van der Waals surface area contributed by atoms with E-state index in [4.69, 9.17) is 18.6 Å². The van der Waals surface area contributed by atoms with Gasteiger partial charge < -0.3 is 22.8 Å². The predicted octanol–water partition coefficient (Wildman–Crippen LogP) is 9.47. The number of methoxy groups -OCH3 is 1. The zero-order valence-corrected chi connectivity index (χ0v) is 30.1. The van der Waals surface area contributed by atoms with Crippen molar-refractivity contribution in [2.75, 3.05) is 27.1 Å². The Balaban J connectivity index is 1.63. The number of hydrogen-bond acceptors (Lipinski definition) is 7. The Kier molecular flexibility index (Phi) is 13.1. The quantitative estimate of drug-likeness (QED) is 0.0539. The van der Waals surface area contributed by atoms with Gasteiger partial charge in [-0.15, -0.1) is 0 Å². The van der Waals surface area contributed by atoms with Crippen LogP contribution in [0.25, 0.3) is 0 Å². The number of benzene rings is 2. The summed E-state index contributed by atoms with van der Waals surface area (Å²) in [5, 5.41) is 0.228. The SMILES string of the molecule is COCOc1ccc2c(c1)OCC(C)(c1ccc(OS(=O)(=O)C(F)(F)F)cc1)C2CCCCCCCCCO[Si](C)(C)C(C)(C)C. The number of hydrogen-bond donors (Lipinski definition) is 0. The van der Waals surface area contributed by atoms with Gasteiger partial charge in [-0.3, -0.25) is 0 Å². The van der Waals surface area contributed by atoms with E-state index in [0.717, 1.165) is 62.0 Å². The molecule has 0 saturated heterocycles. The molecule has 0 saturated carbocycles. The van der Waals surface area contributed by atoms with Crippen molar-refractivity contribution in [3.63, 3.8) is 0 Å². The number of fused-ring (bicyclic) bond motifs is 1. The van der Waals surface area contributed by atoms with Gasteiger partial charge in [-0.25, -0.2) is 0 Å². The summed E-state index contributed by atoms with van der Waals surface area (Å²) in [6.45, 7) is 14.7. The smallest absolute Gasteiger partial charge is 0.492 e. The van der Waals surface area contributed by atoms with Crippen LogP contribution in [0.1, 0.15) is 96.1 Å². The van der Waals surface area contributed by atoms with Crippen molar-refractivity contribution < 1.29 is 44.4 Å². The van der Waals surface area contributed by atoms with Crippen molar-refractivity contribution >= 4 is 18.4 Å². The Morgan fingerprint density at radius 1 is 0.913 bits per heavy atom. The topological polar surface area (TPSA) is 80.3 Å². The molecule has 260 valence electrons. The Labute approximate surface area is 274 Å². The molecule has 1 heterocycles. The van der Waals surface area contributed by atoms with E-state index in [1.54, 1.807) is 19.2 Å². The first-order valence-corrected chi connectivity index (χ1v) is 20.4. The molecule has 2 aromatic rings. The Bertz CT molecular complexity index is 1360. The van der Waals surface area contributed by atoms with E-state index in [9.17, 15) is 21.6 Å². The van der Waals surface area contributed by atoms with E-state index in [1.165, 1.54) is 25.0 Å². The van der Waals surface area contributed by atoms with Crippen LogP contribution in [0.5, 0.6) is 17.2 Å². The second kappa shape index (κ2) is 15.7. The summed E-state index contributed by atoms with van der Waals surface area (Å²) < 4.78 is 88.9. The van der Waals surface area contributed by atoms with Crippen molar-refractivity contribution in [1.29, 1.82) is 0 Å². The predicted molar refractivity (Wildman–Crippen MR) is 177 cm³/mol. The fraction of sp³-hybridized carbons (Fsp3) is 0.647. The molecule has 0 aliphatic carbocycles. The molecule has 3 rings (SSSR count). The third-order valence-electron chi connectivity index (χ3n) is 9.41. The minimum atomic E-state index is -5.75. The van der Waals surface area contributed by atoms with Crippen LogP contribution in [0, 0.1) is 0 Å². The summed E-state index contributed by atoms with van der Waals surface area (Å²) in [4.78, 5) is 0. The van der Waals surface area contributed by atoms with Crippen molar-refractivity contribution in [3.05, 3.63) is 53.6 Å². The van der Waals surface area contributed by atoms with Crippen LogP contribution in [-0.4, -0.2) is 49.4 Å². The molecular formula is C34H51F3O7SSi. The highest BCUT2D eigenvalue weighted by atomic mass is 32.2. The monoisotopic (exact) mass is 688 g/mol. The normalized spacial score (nSPS) is 19.0. The molecule has 2 unspecified atom stereocenters. The summed E-state index contributed by atoms with van der Waals surface area (Å²) in [6.07, 6.45) is 8.71. The maximum atomic E-state index is 12.8. The highest BCUT2D eigenvalue weighted by Crippen LogP contribution is 2.50. The Hall–Kier alpha value is -2.28. The summed E-state index contributed by atoms with van der Waals surface area (Å²) in [6, 6.07) is 11.5. The molecule has 12 heteroatoms. The van der Waals surface area contributed by atoms with Crippen LogP contribution in [0.15, 0.2) is 42.5 Å². The van der Waals surface area contributed by atoms with E-state index < -0.39 is 35.1 Å². The third kappa shape index (κ3) is 9.87. The number of ether oxygens (including phenoxy) is 3. The molecule has 1 aliphatic rings. The molecule has 0 N–H and O–H groups in total. The standard InChI is InChI=1S/C34H51F3O7SSi/c1-32(2,3)46(6,7)43-22-14-12-10-8-9-11-13-15-30-29-21-20-28(42-25-40-5)23-31(29)41-24-33(30,4)26-16-18-27(19-17-26)44-45(38,39)34(35,36)37/h16-21,23,30H,8-15,22,24-25H2,1-7H3. The Morgan fingerprint density at radius 3 is 2.09 bits per heavy atom. The molecule has 0 amide bonds. The lowest BCUT2D eigenvalue weighted by Gasteiger charge is -2.43. The fourth-order valence-electron chi connectivity index (χ4n) is 5.52. The van der Waals surface area contributed by atoms with E-state index in [1.807, 2.05) is 18.2 Å². The fourth-order valence-corrected chi connectivity index (χ4v) is 7.06. The van der Waals surface area contributed by atoms with Crippen molar-refractivity contribution in [3.8, 4) is 17.2 Å². The van der Waals surface area contributed by atoms with E-state index in [-0.39, 0.29) is 17.7 Å². The van der Waals surface area contributed by atoms with Gasteiger partial charge >= 0.3 is 15.6 Å². The second-order valence-corrected chi connectivity index (χ2v) is 20.2. The van der Waals surface area contributed by atoms with E-state index >= 15 is 0 Å². The maximum absolute atomic E-state index is 12.8. The minimum absolute atomic E-state index is 0.0471. The maximum Gasteiger partial charge on any atom is 0.534 e. The molecule has 0 bridgehead atoms. The van der Waals surface area contributed by atoms with Gasteiger partial charge in [0.25, 0.3) is 0 Å². The largest absolute Gasteiger partial charge is 0.534 e. The average molecular weight is 689 g/mol. The van der Waals surface area contributed by atoms with Gasteiger partial charge in [0.1, 0.15) is 17.2 Å². The number of halogens is 3. The Morgan fingerprint density at radius 2 is 1.50 bits per heavy atom. The second-order valence-electron chi connectivity index (χ2n) is 13.9. The lowest BCUT2D eigenvalue weighted by Crippen LogP contribution is -2.40. The summed E-state index contributed by atoms with van der Waals surface area (Å²) in [5.41, 5.74) is -4.18. The van der Waals surface area contributed by atoms with E-state index in [2.05, 4.69) is 45.0 Å². The van der Waals surface area contributed by atoms with Crippen molar-refractivity contribution in [2.45, 2.75) is 114 Å². The average Bonchev–Trinajstić information content (AvgIpc) is 2.97. The van der Waals surface area contributed by atoms with Crippen LogP contribution in [0.4, 0.5) is 13.2 Å². The first kappa shape index (κ1) is 38.2. The van der Waals surface area contributed by atoms with Crippen LogP contribution < -0.4 is 13.7 Å². The number of alkyl halides is 3. The summed E-state index contributed by atoms with van der Waals surface area (Å²) >= 11 is 0. The molecule has 1 aliphatic heterocycles. The van der Waals surface area contributed by atoms with Crippen LogP contribution in [-0.2, 0) is 24.7 Å². The molecule has 2 atom stereocenters. The molecule has 2 aromatic carbocycles. The lowest BCUT2D eigenvalue weighted by atomic mass is 9.66. The zero-order valence-electron chi connectivity index (χ0n) is 28.3. The van der Waals surface area contributed by atoms with Crippen molar-refractivity contribution in [2.24, 2.45) is 0 Å². The molecule has 0 spiro atoms. The summed E-state index contributed by atoms with van der Waals surface area (Å²) in [5.74, 6) is 1.01. The van der Waals surface area contributed by atoms with Gasteiger partial charge in [0.15, 0.2) is 15.1 Å². The van der Waals surface area contributed by atoms with Crippen LogP contribution in [0.3, 0.4) is 0 Å². The molecule has 0 fully saturated rings. The highest BCUT2D eigenvalue weighted by molar-refractivity contribution is 7.88. The first-order valence-electron chi connectivity index (χ1n) is 16.0. The van der Waals surface area contributed by atoms with Crippen molar-refractivity contribution in [1.82, 2.24) is 0 Å². The molecule has 0 aromatic heterocycles.